The molecule has 1 aromatic heterocycles. The lowest BCUT2D eigenvalue weighted by Gasteiger charge is -2.23. The minimum absolute atomic E-state index is 0.0253. The highest BCUT2D eigenvalue weighted by Crippen LogP contribution is 2.33. The third-order valence-electron chi connectivity index (χ3n) is 5.68. The first-order valence-corrected chi connectivity index (χ1v) is 10.4. The van der Waals surface area contributed by atoms with Crippen LogP contribution in [-0.2, 0) is 16.1 Å². The second kappa shape index (κ2) is 8.86. The van der Waals surface area contributed by atoms with E-state index < -0.39 is 11.4 Å². The van der Waals surface area contributed by atoms with E-state index in [1.165, 1.54) is 11.1 Å². The SMILES string of the molecule is Cc1nn(Cc2ccccc2)c(C)c1[C@H]1C=C[C@@H](NC(=O)CC(C)(C)CC(=O)O)C1. The van der Waals surface area contributed by atoms with Crippen molar-refractivity contribution >= 4 is 11.9 Å². The molecule has 1 aliphatic rings. The van der Waals surface area contributed by atoms with Gasteiger partial charge >= 0.3 is 5.97 Å². The van der Waals surface area contributed by atoms with Crippen molar-refractivity contribution in [2.45, 2.75) is 65.5 Å². The Hall–Kier alpha value is -2.89. The number of nitrogens with one attached hydrogen (secondary N) is 1. The Morgan fingerprint density at radius 1 is 1.17 bits per heavy atom. The summed E-state index contributed by atoms with van der Waals surface area (Å²) >= 11 is 0. The minimum atomic E-state index is -0.882. The third kappa shape index (κ3) is 5.38. The van der Waals surface area contributed by atoms with Crippen LogP contribution >= 0.6 is 0 Å². The molecular formula is C24H31N3O3. The van der Waals surface area contributed by atoms with Gasteiger partial charge < -0.3 is 10.4 Å². The lowest BCUT2D eigenvalue weighted by Crippen LogP contribution is -2.36. The van der Waals surface area contributed by atoms with Crippen molar-refractivity contribution in [3.8, 4) is 0 Å². The van der Waals surface area contributed by atoms with Crippen LogP contribution in [0.1, 0.15) is 61.5 Å². The average Bonchev–Trinajstić information content (AvgIpc) is 3.18. The van der Waals surface area contributed by atoms with Crippen molar-refractivity contribution in [1.29, 1.82) is 0 Å². The van der Waals surface area contributed by atoms with Crippen molar-refractivity contribution in [2.24, 2.45) is 5.41 Å². The Morgan fingerprint density at radius 2 is 1.87 bits per heavy atom. The Labute approximate surface area is 178 Å². The van der Waals surface area contributed by atoms with E-state index in [1.54, 1.807) is 0 Å². The summed E-state index contributed by atoms with van der Waals surface area (Å²) in [7, 11) is 0. The van der Waals surface area contributed by atoms with E-state index in [1.807, 2.05) is 49.7 Å². The first-order chi connectivity index (χ1) is 14.1. The third-order valence-corrected chi connectivity index (χ3v) is 5.68. The number of benzene rings is 1. The number of carboxylic acids is 1. The maximum atomic E-state index is 12.4. The zero-order valence-electron chi connectivity index (χ0n) is 18.2. The van der Waals surface area contributed by atoms with Crippen LogP contribution < -0.4 is 5.32 Å². The molecule has 1 aliphatic carbocycles. The van der Waals surface area contributed by atoms with Crippen LogP contribution in [0, 0.1) is 19.3 Å². The minimum Gasteiger partial charge on any atom is -0.481 e. The number of carbonyl (C=O) groups is 2. The monoisotopic (exact) mass is 409 g/mol. The summed E-state index contributed by atoms with van der Waals surface area (Å²) in [6.07, 6.45) is 5.16. The first-order valence-electron chi connectivity index (χ1n) is 10.4. The number of nitrogens with zero attached hydrogens (tertiary/aromatic N) is 2. The quantitative estimate of drug-likeness (QED) is 0.646. The van der Waals surface area contributed by atoms with Gasteiger partial charge in [-0.1, -0.05) is 56.3 Å². The number of hydrogen-bond acceptors (Lipinski definition) is 3. The topological polar surface area (TPSA) is 84.2 Å². The summed E-state index contributed by atoms with van der Waals surface area (Å²) in [6, 6.07) is 10.2. The number of amides is 1. The predicted molar refractivity (Wildman–Crippen MR) is 116 cm³/mol. The number of rotatable bonds is 8. The fourth-order valence-electron chi connectivity index (χ4n) is 4.34. The van der Waals surface area contributed by atoms with Gasteiger partial charge in [0.05, 0.1) is 18.7 Å². The van der Waals surface area contributed by atoms with E-state index in [9.17, 15) is 9.59 Å². The second-order valence-electron chi connectivity index (χ2n) is 9.04. The Balaban J connectivity index is 1.62. The molecule has 1 heterocycles. The van der Waals surface area contributed by atoms with Crippen LogP contribution in [0.5, 0.6) is 0 Å². The fraction of sp³-hybridized carbons (Fsp3) is 0.458. The fourth-order valence-corrected chi connectivity index (χ4v) is 4.34. The molecule has 6 heteroatoms. The van der Waals surface area contributed by atoms with Crippen LogP contribution in [0.2, 0.25) is 0 Å². The summed E-state index contributed by atoms with van der Waals surface area (Å²) in [5.41, 5.74) is 4.05. The van der Waals surface area contributed by atoms with Crippen molar-refractivity contribution < 1.29 is 14.7 Å². The molecule has 30 heavy (non-hydrogen) atoms. The molecule has 2 aromatic rings. The number of aliphatic carboxylic acids is 1. The number of carbonyl (C=O) groups excluding carboxylic acids is 1. The molecule has 6 nitrogen and oxygen atoms in total. The predicted octanol–water partition coefficient (Wildman–Crippen LogP) is 3.97. The maximum Gasteiger partial charge on any atom is 0.303 e. The molecule has 2 N–H and O–H groups in total. The highest BCUT2D eigenvalue weighted by atomic mass is 16.4. The lowest BCUT2D eigenvalue weighted by atomic mass is 9.85. The summed E-state index contributed by atoms with van der Waals surface area (Å²) in [5, 5.41) is 16.8. The molecule has 0 saturated heterocycles. The van der Waals surface area contributed by atoms with Gasteiger partial charge in [-0.3, -0.25) is 14.3 Å². The highest BCUT2D eigenvalue weighted by Gasteiger charge is 2.29. The van der Waals surface area contributed by atoms with Crippen LogP contribution in [0.15, 0.2) is 42.5 Å². The molecule has 1 amide bonds. The standard InChI is InChI=1S/C24H31N3O3/c1-16-23(17(2)27(26-16)15-18-8-6-5-7-9-18)19-10-11-20(12-19)25-21(28)13-24(3,4)14-22(29)30/h5-11,19-20H,12-15H2,1-4H3,(H,25,28)(H,29,30)/t19-,20+/m0/s1. The Bertz CT molecular complexity index is 944. The molecule has 2 atom stereocenters. The summed E-state index contributed by atoms with van der Waals surface area (Å²) in [5.74, 6) is -0.774. The zero-order chi connectivity index (χ0) is 21.9. The first kappa shape index (κ1) is 21.8. The summed E-state index contributed by atoms with van der Waals surface area (Å²) < 4.78 is 2.05. The largest absolute Gasteiger partial charge is 0.481 e. The van der Waals surface area contributed by atoms with Gasteiger partial charge in [0.15, 0.2) is 0 Å². The van der Waals surface area contributed by atoms with E-state index in [4.69, 9.17) is 10.2 Å². The van der Waals surface area contributed by atoms with Crippen molar-refractivity contribution in [3.05, 3.63) is 65.0 Å². The molecule has 0 spiro atoms. The van der Waals surface area contributed by atoms with Gasteiger partial charge in [-0.25, -0.2) is 0 Å². The summed E-state index contributed by atoms with van der Waals surface area (Å²) in [6.45, 7) is 8.50. The van der Waals surface area contributed by atoms with Gasteiger partial charge in [0.2, 0.25) is 5.91 Å². The number of carboxylic acid groups (broad SMARTS) is 1. The van der Waals surface area contributed by atoms with Crippen LogP contribution in [0.3, 0.4) is 0 Å². The van der Waals surface area contributed by atoms with Gasteiger partial charge in [0.25, 0.3) is 0 Å². The zero-order valence-corrected chi connectivity index (χ0v) is 18.2. The van der Waals surface area contributed by atoms with Gasteiger partial charge in [0, 0.05) is 29.6 Å². The number of hydrogen-bond donors (Lipinski definition) is 2. The number of aromatic nitrogens is 2. The highest BCUT2D eigenvalue weighted by molar-refractivity contribution is 5.78. The van der Waals surface area contributed by atoms with Gasteiger partial charge in [0.1, 0.15) is 0 Å². The Morgan fingerprint density at radius 3 is 2.53 bits per heavy atom. The van der Waals surface area contributed by atoms with Crippen molar-refractivity contribution in [1.82, 2.24) is 15.1 Å². The van der Waals surface area contributed by atoms with E-state index >= 15 is 0 Å². The van der Waals surface area contributed by atoms with E-state index in [-0.39, 0.29) is 30.7 Å². The molecule has 0 aliphatic heterocycles. The second-order valence-corrected chi connectivity index (χ2v) is 9.04. The van der Waals surface area contributed by atoms with Gasteiger partial charge in [-0.15, -0.1) is 0 Å². The number of allylic oxidation sites excluding steroid dienone is 1. The lowest BCUT2D eigenvalue weighted by molar-refractivity contribution is -0.139. The molecule has 0 radical (unpaired) electrons. The van der Waals surface area contributed by atoms with Crippen LogP contribution in [-0.4, -0.2) is 32.8 Å². The maximum absolute atomic E-state index is 12.4. The Kier molecular flexibility index (Phi) is 6.44. The van der Waals surface area contributed by atoms with Crippen LogP contribution in [0.4, 0.5) is 0 Å². The molecule has 0 unspecified atom stereocenters. The van der Waals surface area contributed by atoms with E-state index in [0.717, 1.165) is 24.4 Å². The molecule has 3 rings (SSSR count). The molecule has 0 saturated carbocycles. The normalized spacial score (nSPS) is 18.5. The number of aryl methyl sites for hydroxylation is 1. The van der Waals surface area contributed by atoms with Crippen molar-refractivity contribution in [3.63, 3.8) is 0 Å². The molecule has 1 aromatic carbocycles. The molecular weight excluding hydrogens is 378 g/mol. The molecule has 160 valence electrons. The van der Waals surface area contributed by atoms with Gasteiger partial charge in [-0.05, 0) is 31.2 Å². The molecule has 0 bridgehead atoms. The molecule has 0 fully saturated rings. The van der Waals surface area contributed by atoms with Gasteiger partial charge in [-0.2, -0.15) is 5.10 Å². The van der Waals surface area contributed by atoms with E-state index in [0.29, 0.717) is 0 Å². The van der Waals surface area contributed by atoms with E-state index in [2.05, 4.69) is 30.4 Å². The van der Waals surface area contributed by atoms with Crippen LogP contribution in [0.25, 0.3) is 0 Å². The average molecular weight is 410 g/mol. The summed E-state index contributed by atoms with van der Waals surface area (Å²) in [4.78, 5) is 23.4. The smallest absolute Gasteiger partial charge is 0.303 e. The van der Waals surface area contributed by atoms with Crippen molar-refractivity contribution in [2.75, 3.05) is 0 Å².